The third-order valence-electron chi connectivity index (χ3n) is 2.71. The zero-order valence-corrected chi connectivity index (χ0v) is 12.2. The van der Waals surface area contributed by atoms with E-state index in [1.807, 2.05) is 0 Å². The summed E-state index contributed by atoms with van der Waals surface area (Å²) in [5, 5.41) is 33.8. The van der Waals surface area contributed by atoms with Crippen LogP contribution in [0.5, 0.6) is 5.75 Å². The summed E-state index contributed by atoms with van der Waals surface area (Å²) in [6.45, 7) is 0.191. The Bertz CT molecular complexity index is 720. The van der Waals surface area contributed by atoms with Gasteiger partial charge in [0.15, 0.2) is 5.82 Å². The number of phenols is 1. The van der Waals surface area contributed by atoms with Gasteiger partial charge in [0, 0.05) is 11.1 Å². The minimum atomic E-state index is -1.05. The molecule has 23 heavy (non-hydrogen) atoms. The highest BCUT2D eigenvalue weighted by Crippen LogP contribution is 2.25. The average Bonchev–Trinajstić information content (AvgIpc) is 2.53. The molecule has 9 heteroatoms. The van der Waals surface area contributed by atoms with Crippen LogP contribution >= 0.6 is 0 Å². The third-order valence-corrected chi connectivity index (χ3v) is 2.71. The molecule has 0 saturated heterocycles. The van der Waals surface area contributed by atoms with E-state index in [2.05, 4.69) is 25.3 Å². The highest BCUT2D eigenvalue weighted by atomic mass is 17.2. The van der Waals surface area contributed by atoms with E-state index in [1.165, 1.54) is 31.5 Å². The van der Waals surface area contributed by atoms with Gasteiger partial charge < -0.3 is 10.2 Å². The first-order chi connectivity index (χ1) is 11.1. The molecule has 1 aromatic carbocycles. The molecule has 1 aromatic heterocycles. The predicted molar refractivity (Wildman–Crippen MR) is 77.5 cm³/mol. The van der Waals surface area contributed by atoms with Gasteiger partial charge in [0.1, 0.15) is 12.4 Å². The van der Waals surface area contributed by atoms with Gasteiger partial charge in [-0.15, -0.1) is 15.3 Å². The first-order valence-electron chi connectivity index (χ1n) is 6.51. The van der Waals surface area contributed by atoms with Crippen LogP contribution in [0, 0.1) is 0 Å². The molecule has 0 amide bonds. The molecule has 0 radical (unpaired) electrons. The van der Waals surface area contributed by atoms with Crippen molar-refractivity contribution in [2.24, 2.45) is 10.2 Å². The van der Waals surface area contributed by atoms with Crippen LogP contribution < -0.4 is 0 Å². The van der Waals surface area contributed by atoms with Gasteiger partial charge in [0.2, 0.25) is 0 Å². The van der Waals surface area contributed by atoms with E-state index in [0.717, 1.165) is 0 Å². The van der Waals surface area contributed by atoms with E-state index in [0.29, 0.717) is 11.3 Å². The maximum Gasteiger partial charge on any atom is 0.307 e. The van der Waals surface area contributed by atoms with Crippen molar-refractivity contribution in [1.82, 2.24) is 10.2 Å². The van der Waals surface area contributed by atoms with Crippen LogP contribution in [0.3, 0.4) is 0 Å². The second kappa shape index (κ2) is 7.92. The fourth-order valence-corrected chi connectivity index (χ4v) is 1.70. The fourth-order valence-electron chi connectivity index (χ4n) is 1.70. The SMILES string of the molecule is COOCc1cnnc(/N=N/c2ccc(O)c(CC(=O)O)c2)c1. The largest absolute Gasteiger partial charge is 0.508 e. The topological polar surface area (TPSA) is 126 Å². The first kappa shape index (κ1) is 16.5. The van der Waals surface area contributed by atoms with E-state index >= 15 is 0 Å². The molecule has 120 valence electrons. The van der Waals surface area contributed by atoms with Gasteiger partial charge in [0.05, 0.1) is 25.4 Å². The summed E-state index contributed by atoms with van der Waals surface area (Å²) in [5.74, 6) is -0.897. The molecule has 9 nitrogen and oxygen atoms in total. The van der Waals surface area contributed by atoms with Crippen LogP contribution in [-0.2, 0) is 27.6 Å². The lowest BCUT2D eigenvalue weighted by atomic mass is 10.1. The summed E-state index contributed by atoms with van der Waals surface area (Å²) in [6, 6.07) is 5.93. The van der Waals surface area contributed by atoms with E-state index in [-0.39, 0.29) is 30.2 Å². The molecule has 1 heterocycles. The van der Waals surface area contributed by atoms with Gasteiger partial charge in [-0.2, -0.15) is 5.10 Å². The van der Waals surface area contributed by atoms with E-state index in [9.17, 15) is 9.90 Å². The number of aromatic hydroxyl groups is 1. The number of rotatable bonds is 7. The third kappa shape index (κ3) is 5.09. The Kier molecular flexibility index (Phi) is 5.67. The maximum absolute atomic E-state index is 10.7. The number of carboxylic acids is 1. The molecule has 2 N–H and O–H groups in total. The smallest absolute Gasteiger partial charge is 0.307 e. The van der Waals surface area contributed by atoms with Gasteiger partial charge >= 0.3 is 5.97 Å². The Morgan fingerprint density at radius 3 is 2.87 bits per heavy atom. The van der Waals surface area contributed by atoms with Gasteiger partial charge in [0.25, 0.3) is 0 Å². The second-order valence-electron chi connectivity index (χ2n) is 4.43. The fraction of sp³-hybridized carbons (Fsp3) is 0.214. The van der Waals surface area contributed by atoms with E-state index in [1.54, 1.807) is 6.07 Å². The summed E-state index contributed by atoms with van der Waals surface area (Å²) in [7, 11) is 1.40. The number of hydrogen-bond acceptors (Lipinski definition) is 8. The standard InChI is InChI=1S/C14H14N4O5/c1-22-23-8-9-4-13(17-15-7-9)18-16-11-2-3-12(19)10(5-11)6-14(20)21/h2-5,7,19H,6,8H2,1H3,(H,20,21)/b18-16+. The Hall–Kier alpha value is -2.91. The summed E-state index contributed by atoms with van der Waals surface area (Å²) < 4.78 is 0. The number of benzene rings is 1. The monoisotopic (exact) mass is 318 g/mol. The number of aromatic nitrogens is 2. The van der Waals surface area contributed by atoms with E-state index in [4.69, 9.17) is 9.99 Å². The van der Waals surface area contributed by atoms with Crippen molar-refractivity contribution < 1.29 is 24.8 Å². The molecule has 0 fully saturated rings. The molecule has 0 aliphatic carbocycles. The molecule has 2 rings (SSSR count). The number of azo groups is 1. The summed E-state index contributed by atoms with van der Waals surface area (Å²) in [5.41, 5.74) is 1.34. The molecule has 2 aromatic rings. The van der Waals surface area contributed by atoms with Crippen LogP contribution in [0.25, 0.3) is 0 Å². The van der Waals surface area contributed by atoms with Gasteiger partial charge in [-0.1, -0.05) is 0 Å². The number of aliphatic carboxylic acids is 1. The lowest BCUT2D eigenvalue weighted by molar-refractivity contribution is -0.282. The van der Waals surface area contributed by atoms with Crippen LogP contribution in [0.4, 0.5) is 11.5 Å². The lowest BCUT2D eigenvalue weighted by Gasteiger charge is -2.02. The minimum absolute atomic E-state index is 0.107. The Labute approximate surface area is 131 Å². The number of carbonyl (C=O) groups is 1. The number of nitrogens with zero attached hydrogens (tertiary/aromatic N) is 4. The predicted octanol–water partition coefficient (Wildman–Crippen LogP) is 2.30. The van der Waals surface area contributed by atoms with Crippen molar-refractivity contribution in [1.29, 1.82) is 0 Å². The van der Waals surface area contributed by atoms with Crippen LogP contribution in [-0.4, -0.2) is 33.5 Å². The molecule has 0 unspecified atom stereocenters. The van der Waals surface area contributed by atoms with Crippen molar-refractivity contribution in [2.45, 2.75) is 13.0 Å². The van der Waals surface area contributed by atoms with Crippen LogP contribution in [0.2, 0.25) is 0 Å². The highest BCUT2D eigenvalue weighted by molar-refractivity contribution is 5.72. The molecule has 0 atom stereocenters. The van der Waals surface area contributed by atoms with Crippen LogP contribution in [0.1, 0.15) is 11.1 Å². The first-order valence-corrected chi connectivity index (χ1v) is 6.51. The molecular formula is C14H14N4O5. The zero-order chi connectivity index (χ0) is 16.7. The summed E-state index contributed by atoms with van der Waals surface area (Å²) in [6.07, 6.45) is 1.20. The van der Waals surface area contributed by atoms with Crippen LogP contribution in [0.15, 0.2) is 40.7 Å². The Morgan fingerprint density at radius 2 is 2.13 bits per heavy atom. The van der Waals surface area contributed by atoms with Crippen molar-refractivity contribution in [3.05, 3.63) is 41.6 Å². The average molecular weight is 318 g/mol. The number of phenolic OH excluding ortho intramolecular Hbond substituents is 1. The molecule has 0 aliphatic heterocycles. The molecule has 0 bridgehead atoms. The minimum Gasteiger partial charge on any atom is -0.508 e. The zero-order valence-electron chi connectivity index (χ0n) is 12.2. The number of hydrogen-bond donors (Lipinski definition) is 2. The Morgan fingerprint density at radius 1 is 1.30 bits per heavy atom. The molecule has 0 saturated carbocycles. The quantitative estimate of drug-likeness (QED) is 0.455. The van der Waals surface area contributed by atoms with Crippen molar-refractivity contribution >= 4 is 17.5 Å². The van der Waals surface area contributed by atoms with Gasteiger partial charge in [-0.25, -0.2) is 9.78 Å². The Balaban J connectivity index is 2.15. The van der Waals surface area contributed by atoms with Crippen molar-refractivity contribution in [2.75, 3.05) is 7.11 Å². The van der Waals surface area contributed by atoms with Gasteiger partial charge in [-0.05, 0) is 24.3 Å². The summed E-state index contributed by atoms with van der Waals surface area (Å²) in [4.78, 5) is 20.0. The second-order valence-corrected chi connectivity index (χ2v) is 4.43. The lowest BCUT2D eigenvalue weighted by Crippen LogP contribution is -1.99. The van der Waals surface area contributed by atoms with Crippen molar-refractivity contribution in [3.63, 3.8) is 0 Å². The summed E-state index contributed by atoms with van der Waals surface area (Å²) >= 11 is 0. The highest BCUT2D eigenvalue weighted by Gasteiger charge is 2.07. The maximum atomic E-state index is 10.7. The normalized spacial score (nSPS) is 11.0. The van der Waals surface area contributed by atoms with Crippen molar-refractivity contribution in [3.8, 4) is 5.75 Å². The van der Waals surface area contributed by atoms with Gasteiger partial charge in [-0.3, -0.25) is 4.79 Å². The molecule has 0 spiro atoms. The number of carboxylic acid groups (broad SMARTS) is 1. The molecular weight excluding hydrogens is 304 g/mol. The van der Waals surface area contributed by atoms with E-state index < -0.39 is 5.97 Å². The molecule has 0 aliphatic rings.